The zero-order chi connectivity index (χ0) is 13.7. The van der Waals surface area contributed by atoms with Gasteiger partial charge in [0.15, 0.2) is 0 Å². The van der Waals surface area contributed by atoms with Gasteiger partial charge in [-0.1, -0.05) is 18.5 Å². The highest BCUT2D eigenvalue weighted by Gasteiger charge is 2.17. The van der Waals surface area contributed by atoms with Gasteiger partial charge in [0.1, 0.15) is 5.75 Å². The third-order valence-corrected chi connectivity index (χ3v) is 4.04. The number of nitrogens with zero attached hydrogens (tertiary/aromatic N) is 1. The highest BCUT2D eigenvalue weighted by Crippen LogP contribution is 2.33. The van der Waals surface area contributed by atoms with Crippen molar-refractivity contribution >= 4 is 22.9 Å². The Morgan fingerprint density at radius 3 is 3.00 bits per heavy atom. The molecule has 0 aliphatic heterocycles. The highest BCUT2D eigenvalue weighted by atomic mass is 35.5. The van der Waals surface area contributed by atoms with Gasteiger partial charge in [-0.2, -0.15) is 0 Å². The topological polar surface area (TPSA) is 60.2 Å². The van der Waals surface area contributed by atoms with Crippen LogP contribution in [0, 0.1) is 0 Å². The molecular formula is C13H16ClN3OS. The molecule has 0 spiro atoms. The van der Waals surface area contributed by atoms with Crippen LogP contribution in [0.2, 0.25) is 5.02 Å². The average molecular weight is 298 g/mol. The summed E-state index contributed by atoms with van der Waals surface area (Å²) in [6.07, 6.45) is 4.42. The van der Waals surface area contributed by atoms with Crippen LogP contribution in [0.25, 0.3) is 0 Å². The number of hydrogen-bond donors (Lipinski definition) is 2. The molecule has 0 saturated carbocycles. The molecule has 2 heterocycles. The van der Waals surface area contributed by atoms with Gasteiger partial charge >= 0.3 is 0 Å². The molecule has 2 aromatic rings. The van der Waals surface area contributed by atoms with Gasteiger partial charge in [-0.3, -0.25) is 10.8 Å². The third-order valence-electron chi connectivity index (χ3n) is 2.61. The lowest BCUT2D eigenvalue weighted by Crippen LogP contribution is -2.28. The molecule has 2 aromatic heterocycles. The number of halogens is 1. The normalized spacial score (nSPS) is 12.4. The summed E-state index contributed by atoms with van der Waals surface area (Å²) in [7, 11) is 0. The van der Waals surface area contributed by atoms with Crippen LogP contribution in [-0.2, 0) is 0 Å². The quantitative estimate of drug-likeness (QED) is 0.635. The molecule has 2 rings (SSSR count). The molecule has 0 saturated heterocycles. The molecule has 0 fully saturated rings. The highest BCUT2D eigenvalue weighted by molar-refractivity contribution is 7.10. The Labute approximate surface area is 121 Å². The molecule has 0 aliphatic rings. The molecule has 3 N–H and O–H groups in total. The van der Waals surface area contributed by atoms with Crippen molar-refractivity contribution in [1.29, 1.82) is 0 Å². The molecule has 6 heteroatoms. The van der Waals surface area contributed by atoms with Gasteiger partial charge < -0.3 is 4.74 Å². The number of thiophene rings is 1. The largest absolute Gasteiger partial charge is 0.492 e. The Bertz CT molecular complexity index is 532. The lowest BCUT2D eigenvalue weighted by atomic mass is 10.1. The number of pyridine rings is 1. The van der Waals surface area contributed by atoms with Gasteiger partial charge in [0.05, 0.1) is 23.9 Å². The maximum atomic E-state index is 6.15. The first-order valence-corrected chi connectivity index (χ1v) is 7.28. The number of hydrogen-bond acceptors (Lipinski definition) is 5. The SMILES string of the molecule is CCCOc1cncc(C(NN)c2sccc2Cl)c1. The van der Waals surface area contributed by atoms with E-state index in [2.05, 4.69) is 17.3 Å². The molecule has 0 amide bonds. The molecule has 0 aromatic carbocycles. The van der Waals surface area contributed by atoms with Gasteiger partial charge in [0.25, 0.3) is 0 Å². The number of rotatable bonds is 6. The van der Waals surface area contributed by atoms with Crippen LogP contribution in [0.3, 0.4) is 0 Å². The van der Waals surface area contributed by atoms with E-state index in [1.54, 1.807) is 23.7 Å². The van der Waals surface area contributed by atoms with E-state index in [9.17, 15) is 0 Å². The van der Waals surface area contributed by atoms with Crippen LogP contribution in [-0.4, -0.2) is 11.6 Å². The van der Waals surface area contributed by atoms with E-state index in [0.29, 0.717) is 11.6 Å². The molecule has 1 unspecified atom stereocenters. The van der Waals surface area contributed by atoms with E-state index < -0.39 is 0 Å². The van der Waals surface area contributed by atoms with E-state index in [1.165, 1.54) is 0 Å². The first kappa shape index (κ1) is 14.3. The monoisotopic (exact) mass is 297 g/mol. The van der Waals surface area contributed by atoms with Crippen LogP contribution in [0.15, 0.2) is 29.9 Å². The Kier molecular flexibility index (Phi) is 5.15. The van der Waals surface area contributed by atoms with E-state index in [-0.39, 0.29) is 6.04 Å². The lowest BCUT2D eigenvalue weighted by molar-refractivity contribution is 0.315. The van der Waals surface area contributed by atoms with Gasteiger partial charge in [-0.15, -0.1) is 11.3 Å². The van der Waals surface area contributed by atoms with Gasteiger partial charge in [-0.25, -0.2) is 5.43 Å². The second kappa shape index (κ2) is 6.86. The number of hydrazine groups is 1. The smallest absolute Gasteiger partial charge is 0.137 e. The lowest BCUT2D eigenvalue weighted by Gasteiger charge is -2.16. The summed E-state index contributed by atoms with van der Waals surface area (Å²) in [6, 6.07) is 3.62. The van der Waals surface area contributed by atoms with Crippen molar-refractivity contribution in [2.75, 3.05) is 6.61 Å². The number of nitrogens with two attached hydrogens (primary N) is 1. The number of nitrogens with one attached hydrogen (secondary N) is 1. The molecule has 102 valence electrons. The van der Waals surface area contributed by atoms with E-state index in [0.717, 1.165) is 22.6 Å². The van der Waals surface area contributed by atoms with Crippen LogP contribution in [0.4, 0.5) is 0 Å². The van der Waals surface area contributed by atoms with Crippen molar-refractivity contribution < 1.29 is 4.74 Å². The van der Waals surface area contributed by atoms with Gasteiger partial charge in [0.2, 0.25) is 0 Å². The van der Waals surface area contributed by atoms with Crippen LogP contribution in [0.1, 0.15) is 29.8 Å². The summed E-state index contributed by atoms with van der Waals surface area (Å²) in [5, 5.41) is 2.64. The van der Waals surface area contributed by atoms with Gasteiger partial charge in [0, 0.05) is 11.1 Å². The Balaban J connectivity index is 2.26. The zero-order valence-corrected chi connectivity index (χ0v) is 12.2. The van der Waals surface area contributed by atoms with Crippen LogP contribution >= 0.6 is 22.9 Å². The third kappa shape index (κ3) is 3.45. The second-order valence-electron chi connectivity index (χ2n) is 4.03. The van der Waals surface area contributed by atoms with Crippen LogP contribution in [0.5, 0.6) is 5.75 Å². The fraction of sp³-hybridized carbons (Fsp3) is 0.308. The minimum Gasteiger partial charge on any atom is -0.492 e. The van der Waals surface area contributed by atoms with Crippen molar-refractivity contribution in [3.63, 3.8) is 0 Å². The maximum absolute atomic E-state index is 6.15. The second-order valence-corrected chi connectivity index (χ2v) is 5.39. The average Bonchev–Trinajstić information content (AvgIpc) is 2.84. The van der Waals surface area contributed by atoms with Crippen molar-refractivity contribution in [1.82, 2.24) is 10.4 Å². The molecule has 0 radical (unpaired) electrons. The fourth-order valence-corrected chi connectivity index (χ4v) is 2.98. The van der Waals surface area contributed by atoms with E-state index >= 15 is 0 Å². The summed E-state index contributed by atoms with van der Waals surface area (Å²) in [4.78, 5) is 5.16. The minimum atomic E-state index is -0.176. The minimum absolute atomic E-state index is 0.176. The first-order chi connectivity index (χ1) is 9.26. The number of ether oxygens (including phenoxy) is 1. The van der Waals surface area contributed by atoms with Crippen LogP contribution < -0.4 is 16.0 Å². The zero-order valence-electron chi connectivity index (χ0n) is 10.6. The van der Waals surface area contributed by atoms with E-state index in [1.807, 2.05) is 17.5 Å². The molecule has 0 bridgehead atoms. The summed E-state index contributed by atoms with van der Waals surface area (Å²) in [5.41, 5.74) is 3.71. The first-order valence-electron chi connectivity index (χ1n) is 6.03. The molecule has 1 atom stereocenters. The summed E-state index contributed by atoms with van der Waals surface area (Å²) in [5.74, 6) is 6.39. The predicted octanol–water partition coefficient (Wildman–Crippen LogP) is 3.14. The predicted molar refractivity (Wildman–Crippen MR) is 78.5 cm³/mol. The van der Waals surface area contributed by atoms with Crippen molar-refractivity contribution in [2.45, 2.75) is 19.4 Å². The molecule has 0 aliphatic carbocycles. The molecule has 4 nitrogen and oxygen atoms in total. The van der Waals surface area contributed by atoms with Crippen molar-refractivity contribution in [3.8, 4) is 5.75 Å². The number of aromatic nitrogens is 1. The maximum Gasteiger partial charge on any atom is 0.137 e. The standard InChI is InChI=1S/C13H16ClN3OS/c1-2-4-18-10-6-9(7-16-8-10)12(17-15)13-11(14)3-5-19-13/h3,5-8,12,17H,2,4,15H2,1H3. The Morgan fingerprint density at radius 2 is 2.37 bits per heavy atom. The van der Waals surface area contributed by atoms with Crippen molar-refractivity contribution in [2.24, 2.45) is 5.84 Å². The van der Waals surface area contributed by atoms with Gasteiger partial charge in [-0.05, 0) is 29.5 Å². The molecule has 19 heavy (non-hydrogen) atoms. The summed E-state index contributed by atoms with van der Waals surface area (Å²) >= 11 is 7.71. The molecular weight excluding hydrogens is 282 g/mol. The van der Waals surface area contributed by atoms with Crippen molar-refractivity contribution in [3.05, 3.63) is 45.4 Å². The van der Waals surface area contributed by atoms with E-state index in [4.69, 9.17) is 22.2 Å². The Morgan fingerprint density at radius 1 is 1.53 bits per heavy atom. The summed E-state index contributed by atoms with van der Waals surface area (Å²) < 4.78 is 5.58. The summed E-state index contributed by atoms with van der Waals surface area (Å²) in [6.45, 7) is 2.73. The fourth-order valence-electron chi connectivity index (χ4n) is 1.73. The Hall–Kier alpha value is -1.14.